The summed E-state index contributed by atoms with van der Waals surface area (Å²) in [5, 5.41) is 20.4. The van der Waals surface area contributed by atoms with E-state index in [1.165, 1.54) is 23.9 Å². The van der Waals surface area contributed by atoms with Gasteiger partial charge in [0.2, 0.25) is 5.78 Å². The standard InChI is InChI=1S/C29H35N5O7S2/c1-29(2,3)41-28(37)34-9-8-17-6-4-5-7-21(17)25(34)19-11-24(42-15-19)26(36)22-13-31-16-32-27(22)33-20-10-18(23(35)12-20)14-40-43(30,38)39/h4-7,11,13,15-16,18,20,23,25,35H,8-10,12,14H2,1-3H3,(H2,30,38,39)(H,31,32,33)/t18-,20-,23+,25?/m1/s1. The zero-order valence-electron chi connectivity index (χ0n) is 24.1. The number of carbonyl (C=O) groups is 2. The van der Waals surface area contributed by atoms with Gasteiger partial charge in [0, 0.05) is 24.7 Å². The molecule has 1 aliphatic carbocycles. The predicted octanol–water partition coefficient (Wildman–Crippen LogP) is 3.42. The van der Waals surface area contributed by atoms with Gasteiger partial charge in [-0.15, -0.1) is 11.3 Å². The van der Waals surface area contributed by atoms with Gasteiger partial charge in [-0.3, -0.25) is 13.9 Å². The average Bonchev–Trinajstić information content (AvgIpc) is 3.56. The molecule has 2 aliphatic rings. The van der Waals surface area contributed by atoms with E-state index < -0.39 is 40.1 Å². The molecule has 0 radical (unpaired) electrons. The molecule has 3 aromatic rings. The van der Waals surface area contributed by atoms with Crippen LogP contribution < -0.4 is 10.5 Å². The molecule has 4 atom stereocenters. The van der Waals surface area contributed by atoms with Crippen LogP contribution in [0.3, 0.4) is 0 Å². The maximum atomic E-state index is 13.8. The van der Waals surface area contributed by atoms with Gasteiger partial charge in [-0.05, 0) is 68.2 Å². The number of benzene rings is 1. The number of nitrogens with one attached hydrogen (secondary N) is 1. The molecule has 0 bridgehead atoms. The number of thiophene rings is 1. The van der Waals surface area contributed by atoms with Gasteiger partial charge in [0.25, 0.3) is 0 Å². The van der Waals surface area contributed by atoms with Gasteiger partial charge in [0.15, 0.2) is 0 Å². The summed E-state index contributed by atoms with van der Waals surface area (Å²) in [4.78, 5) is 37.5. The summed E-state index contributed by atoms with van der Waals surface area (Å²) in [6, 6.07) is 9.06. The second-order valence-electron chi connectivity index (χ2n) is 11.8. The van der Waals surface area contributed by atoms with E-state index in [-0.39, 0.29) is 24.0 Å². The number of rotatable bonds is 8. The van der Waals surface area contributed by atoms with Gasteiger partial charge >= 0.3 is 16.4 Å². The first-order valence-electron chi connectivity index (χ1n) is 13.9. The Bertz CT molecular complexity index is 1600. The molecule has 2 aromatic heterocycles. The first-order chi connectivity index (χ1) is 20.3. The summed E-state index contributed by atoms with van der Waals surface area (Å²) in [6.45, 7) is 5.73. The van der Waals surface area contributed by atoms with E-state index in [0.29, 0.717) is 36.5 Å². The molecule has 0 saturated heterocycles. The van der Waals surface area contributed by atoms with Crippen LogP contribution in [-0.4, -0.2) is 71.2 Å². The van der Waals surface area contributed by atoms with Crippen LogP contribution in [0.15, 0.2) is 48.2 Å². The van der Waals surface area contributed by atoms with Crippen LogP contribution in [0.2, 0.25) is 0 Å². The number of fused-ring (bicyclic) bond motifs is 1. The Kier molecular flexibility index (Phi) is 8.86. The van der Waals surface area contributed by atoms with Gasteiger partial charge in [0.05, 0.1) is 29.2 Å². The SMILES string of the molecule is CC(C)(C)OC(=O)N1CCc2ccccc2C1c1csc(C(=O)c2cncnc2N[C@@H]2C[C@H](COS(N)(=O)=O)[C@@H](O)C2)c1. The van der Waals surface area contributed by atoms with Crippen LogP contribution in [0.4, 0.5) is 10.6 Å². The van der Waals surface area contributed by atoms with Crippen molar-refractivity contribution in [1.82, 2.24) is 14.9 Å². The third-order valence-corrected chi connectivity index (χ3v) is 8.88. The molecule has 3 heterocycles. The highest BCUT2D eigenvalue weighted by Crippen LogP contribution is 2.38. The lowest BCUT2D eigenvalue weighted by Gasteiger charge is -2.38. The van der Waals surface area contributed by atoms with Crippen molar-refractivity contribution in [3.05, 3.63) is 75.4 Å². The zero-order valence-corrected chi connectivity index (χ0v) is 25.7. The fourth-order valence-corrected chi connectivity index (χ4v) is 6.82. The summed E-state index contributed by atoms with van der Waals surface area (Å²) in [6.07, 6.45) is 2.92. The second-order valence-corrected chi connectivity index (χ2v) is 13.9. The Hall–Kier alpha value is -3.43. The number of hydrogen-bond acceptors (Lipinski definition) is 11. The maximum absolute atomic E-state index is 13.8. The number of ketones is 1. The number of hydrogen-bond donors (Lipinski definition) is 3. The van der Waals surface area contributed by atoms with Crippen molar-refractivity contribution in [1.29, 1.82) is 0 Å². The van der Waals surface area contributed by atoms with Crippen molar-refractivity contribution in [2.24, 2.45) is 11.1 Å². The smallest absolute Gasteiger partial charge is 0.411 e. The minimum Gasteiger partial charge on any atom is -0.444 e. The number of aromatic nitrogens is 2. The summed E-state index contributed by atoms with van der Waals surface area (Å²) >= 11 is 1.27. The highest BCUT2D eigenvalue weighted by atomic mass is 32.2. The van der Waals surface area contributed by atoms with Crippen molar-refractivity contribution in [3.63, 3.8) is 0 Å². The van der Waals surface area contributed by atoms with Crippen LogP contribution in [-0.2, 0) is 25.6 Å². The molecular formula is C29H35N5O7S2. The molecule has 1 amide bonds. The number of aliphatic hydroxyl groups excluding tert-OH is 1. The quantitative estimate of drug-likeness (QED) is 0.313. The highest BCUT2D eigenvalue weighted by molar-refractivity contribution is 7.84. The normalized spacial score (nSPS) is 22.2. The fourth-order valence-electron chi connectivity index (χ4n) is 5.58. The van der Waals surface area contributed by atoms with Crippen molar-refractivity contribution >= 4 is 39.3 Å². The molecule has 230 valence electrons. The maximum Gasteiger partial charge on any atom is 0.411 e. The molecular weight excluding hydrogens is 594 g/mol. The number of anilines is 1. The molecule has 1 saturated carbocycles. The molecule has 0 spiro atoms. The summed E-state index contributed by atoms with van der Waals surface area (Å²) in [7, 11) is -4.12. The number of aliphatic hydroxyl groups is 1. The average molecular weight is 630 g/mol. The number of ether oxygens (including phenoxy) is 1. The zero-order chi connectivity index (χ0) is 30.9. The third-order valence-electron chi connectivity index (χ3n) is 7.47. The Labute approximate surface area is 254 Å². The minimum absolute atomic E-state index is 0.240. The van der Waals surface area contributed by atoms with Gasteiger partial charge < -0.3 is 15.2 Å². The molecule has 4 N–H and O–H groups in total. The van der Waals surface area contributed by atoms with E-state index in [1.54, 1.807) is 11.0 Å². The fraction of sp³-hybridized carbons (Fsp3) is 0.448. The number of nitrogens with two attached hydrogens (primary N) is 1. The molecule has 43 heavy (non-hydrogen) atoms. The van der Waals surface area contributed by atoms with Crippen molar-refractivity contribution in [3.8, 4) is 0 Å². The van der Waals surface area contributed by atoms with E-state index in [9.17, 15) is 23.1 Å². The molecule has 1 aliphatic heterocycles. The topological polar surface area (TPSA) is 174 Å². The van der Waals surface area contributed by atoms with E-state index in [0.717, 1.165) is 16.7 Å². The van der Waals surface area contributed by atoms with Crippen LogP contribution >= 0.6 is 11.3 Å². The molecule has 5 rings (SSSR count). The highest BCUT2D eigenvalue weighted by Gasteiger charge is 2.37. The Morgan fingerprint density at radius 3 is 2.74 bits per heavy atom. The summed E-state index contributed by atoms with van der Waals surface area (Å²) in [5.41, 5.74) is 2.52. The lowest BCUT2D eigenvalue weighted by Crippen LogP contribution is -2.43. The van der Waals surface area contributed by atoms with Crippen molar-refractivity contribution in [2.75, 3.05) is 18.5 Å². The van der Waals surface area contributed by atoms with Gasteiger partial charge in [0.1, 0.15) is 17.7 Å². The van der Waals surface area contributed by atoms with Crippen molar-refractivity contribution < 1.29 is 32.0 Å². The monoisotopic (exact) mass is 629 g/mol. The number of nitrogens with zero attached hydrogens (tertiary/aromatic N) is 3. The van der Waals surface area contributed by atoms with E-state index >= 15 is 0 Å². The lowest BCUT2D eigenvalue weighted by atomic mass is 9.89. The van der Waals surface area contributed by atoms with E-state index in [1.807, 2.05) is 44.4 Å². The summed E-state index contributed by atoms with van der Waals surface area (Å²) in [5.74, 6) is -0.443. The largest absolute Gasteiger partial charge is 0.444 e. The lowest BCUT2D eigenvalue weighted by molar-refractivity contribution is 0.0178. The van der Waals surface area contributed by atoms with Gasteiger partial charge in [-0.1, -0.05) is 24.3 Å². The molecule has 1 fully saturated rings. The Morgan fingerprint density at radius 1 is 1.23 bits per heavy atom. The van der Waals surface area contributed by atoms with Crippen LogP contribution in [0.1, 0.15) is 71.6 Å². The first kappa shape index (κ1) is 31.0. The molecule has 1 unspecified atom stereocenters. The number of amides is 1. The molecule has 14 heteroatoms. The van der Waals surface area contributed by atoms with Gasteiger partial charge in [-0.25, -0.2) is 19.9 Å². The Balaban J connectivity index is 1.37. The molecule has 1 aromatic carbocycles. The minimum atomic E-state index is -4.12. The van der Waals surface area contributed by atoms with Crippen LogP contribution in [0, 0.1) is 5.92 Å². The molecule has 12 nitrogen and oxygen atoms in total. The number of carbonyl (C=O) groups excluding carboxylic acids is 2. The van der Waals surface area contributed by atoms with E-state index in [4.69, 9.17) is 9.88 Å². The summed E-state index contributed by atoms with van der Waals surface area (Å²) < 4.78 is 32.7. The first-order valence-corrected chi connectivity index (χ1v) is 16.3. The second kappa shape index (κ2) is 12.3. The van der Waals surface area contributed by atoms with Crippen LogP contribution in [0.25, 0.3) is 0 Å². The Morgan fingerprint density at radius 2 is 2.00 bits per heavy atom. The van der Waals surface area contributed by atoms with Gasteiger partial charge in [-0.2, -0.15) is 8.42 Å². The van der Waals surface area contributed by atoms with Crippen molar-refractivity contribution in [2.45, 2.75) is 63.8 Å². The van der Waals surface area contributed by atoms with E-state index in [2.05, 4.69) is 25.5 Å². The third kappa shape index (κ3) is 7.39. The predicted molar refractivity (Wildman–Crippen MR) is 160 cm³/mol. The van der Waals surface area contributed by atoms with Crippen LogP contribution in [0.5, 0.6) is 0 Å².